The molecule has 0 aliphatic heterocycles. The van der Waals surface area contributed by atoms with Crippen LogP contribution in [0, 0.1) is 0 Å². The number of carbonyl (C=O) groups excluding carboxylic acids is 1. The maximum absolute atomic E-state index is 11.3. The van der Waals surface area contributed by atoms with E-state index in [0.29, 0.717) is 0 Å². The SMILES string of the molecule is CCCC/C(C(N)=O)=C(\CC)NCCC. The van der Waals surface area contributed by atoms with Crippen LogP contribution in [0.4, 0.5) is 0 Å². The topological polar surface area (TPSA) is 55.1 Å². The summed E-state index contributed by atoms with van der Waals surface area (Å²) in [4.78, 5) is 11.3. The fourth-order valence-electron chi connectivity index (χ4n) is 1.50. The zero-order valence-corrected chi connectivity index (χ0v) is 10.2. The Morgan fingerprint density at radius 3 is 2.27 bits per heavy atom. The van der Waals surface area contributed by atoms with Crippen molar-refractivity contribution in [2.45, 2.75) is 52.9 Å². The van der Waals surface area contributed by atoms with Gasteiger partial charge in [-0.15, -0.1) is 0 Å². The average Bonchev–Trinajstić information content (AvgIpc) is 2.22. The van der Waals surface area contributed by atoms with E-state index in [4.69, 9.17) is 5.73 Å². The molecular weight excluding hydrogens is 188 g/mol. The lowest BCUT2D eigenvalue weighted by Crippen LogP contribution is -2.23. The number of unbranched alkanes of at least 4 members (excludes halogenated alkanes) is 1. The molecule has 0 fully saturated rings. The molecule has 1 amide bonds. The number of amides is 1. The van der Waals surface area contributed by atoms with Crippen molar-refractivity contribution in [2.75, 3.05) is 6.54 Å². The Kier molecular flexibility index (Phi) is 7.78. The molecule has 0 radical (unpaired) electrons. The molecule has 0 unspecified atom stereocenters. The molecule has 0 heterocycles. The first-order chi connectivity index (χ1) is 7.17. The van der Waals surface area contributed by atoms with Crippen LogP contribution in [0.1, 0.15) is 52.9 Å². The van der Waals surface area contributed by atoms with Crippen molar-refractivity contribution >= 4 is 5.91 Å². The van der Waals surface area contributed by atoms with Gasteiger partial charge in [0.1, 0.15) is 0 Å². The molecule has 0 aliphatic rings. The molecular formula is C12H24N2O. The zero-order valence-electron chi connectivity index (χ0n) is 10.2. The minimum atomic E-state index is -0.274. The van der Waals surface area contributed by atoms with Crippen molar-refractivity contribution in [1.29, 1.82) is 0 Å². The number of hydrogen-bond donors (Lipinski definition) is 2. The fourth-order valence-corrected chi connectivity index (χ4v) is 1.50. The maximum Gasteiger partial charge on any atom is 0.246 e. The summed E-state index contributed by atoms with van der Waals surface area (Å²) >= 11 is 0. The first-order valence-electron chi connectivity index (χ1n) is 5.92. The molecule has 0 spiro atoms. The van der Waals surface area contributed by atoms with Crippen LogP contribution in [0.3, 0.4) is 0 Å². The van der Waals surface area contributed by atoms with Gasteiger partial charge in [-0.1, -0.05) is 27.2 Å². The molecule has 88 valence electrons. The lowest BCUT2D eigenvalue weighted by molar-refractivity contribution is -0.114. The van der Waals surface area contributed by atoms with E-state index in [-0.39, 0.29) is 5.91 Å². The van der Waals surface area contributed by atoms with Gasteiger partial charge in [0.15, 0.2) is 0 Å². The first-order valence-corrected chi connectivity index (χ1v) is 5.92. The minimum absolute atomic E-state index is 0.274. The summed E-state index contributed by atoms with van der Waals surface area (Å²) < 4.78 is 0. The van der Waals surface area contributed by atoms with Crippen molar-refractivity contribution in [1.82, 2.24) is 5.32 Å². The Morgan fingerprint density at radius 2 is 1.87 bits per heavy atom. The Balaban J connectivity index is 4.58. The van der Waals surface area contributed by atoms with Gasteiger partial charge in [-0.3, -0.25) is 4.79 Å². The normalized spacial score (nSPS) is 12.2. The summed E-state index contributed by atoms with van der Waals surface area (Å²) in [5.41, 5.74) is 7.20. The van der Waals surface area contributed by atoms with Crippen LogP contribution in [0.25, 0.3) is 0 Å². The summed E-state index contributed by atoms with van der Waals surface area (Å²) in [6, 6.07) is 0. The smallest absolute Gasteiger partial charge is 0.246 e. The van der Waals surface area contributed by atoms with E-state index >= 15 is 0 Å². The quantitative estimate of drug-likeness (QED) is 0.607. The van der Waals surface area contributed by atoms with Gasteiger partial charge in [0, 0.05) is 17.8 Å². The van der Waals surface area contributed by atoms with E-state index in [1.807, 2.05) is 6.92 Å². The second-order valence-corrected chi connectivity index (χ2v) is 3.71. The van der Waals surface area contributed by atoms with Gasteiger partial charge in [-0.25, -0.2) is 0 Å². The monoisotopic (exact) mass is 212 g/mol. The van der Waals surface area contributed by atoms with Crippen molar-refractivity contribution in [3.8, 4) is 0 Å². The number of nitrogens with one attached hydrogen (secondary N) is 1. The van der Waals surface area contributed by atoms with Gasteiger partial charge in [0.2, 0.25) is 5.91 Å². The van der Waals surface area contributed by atoms with Gasteiger partial charge >= 0.3 is 0 Å². The van der Waals surface area contributed by atoms with E-state index in [1.165, 1.54) is 0 Å². The molecule has 3 N–H and O–H groups in total. The van der Waals surface area contributed by atoms with Crippen molar-refractivity contribution in [3.05, 3.63) is 11.3 Å². The van der Waals surface area contributed by atoms with E-state index in [0.717, 1.165) is 49.9 Å². The third-order valence-corrected chi connectivity index (χ3v) is 2.38. The van der Waals surface area contributed by atoms with Crippen molar-refractivity contribution in [2.24, 2.45) is 5.73 Å². The van der Waals surface area contributed by atoms with Crippen molar-refractivity contribution in [3.63, 3.8) is 0 Å². The van der Waals surface area contributed by atoms with E-state index < -0.39 is 0 Å². The Morgan fingerprint density at radius 1 is 1.20 bits per heavy atom. The average molecular weight is 212 g/mol. The molecule has 0 aromatic carbocycles. The van der Waals surface area contributed by atoms with E-state index in [1.54, 1.807) is 0 Å². The lowest BCUT2D eigenvalue weighted by atomic mass is 10.0. The number of hydrogen-bond acceptors (Lipinski definition) is 2. The van der Waals surface area contributed by atoms with Gasteiger partial charge < -0.3 is 11.1 Å². The lowest BCUT2D eigenvalue weighted by Gasteiger charge is -2.13. The van der Waals surface area contributed by atoms with Gasteiger partial charge in [0.25, 0.3) is 0 Å². The predicted octanol–water partition coefficient (Wildman–Crippen LogP) is 2.33. The molecule has 0 bridgehead atoms. The number of nitrogens with two attached hydrogens (primary N) is 1. The van der Waals surface area contributed by atoms with Crippen LogP contribution < -0.4 is 11.1 Å². The third-order valence-electron chi connectivity index (χ3n) is 2.38. The molecule has 3 nitrogen and oxygen atoms in total. The molecule has 0 aromatic heterocycles. The first kappa shape index (κ1) is 14.0. The summed E-state index contributed by atoms with van der Waals surface area (Å²) in [7, 11) is 0. The molecule has 0 rings (SSSR count). The molecule has 0 saturated heterocycles. The Bertz CT molecular complexity index is 222. The van der Waals surface area contributed by atoms with Crippen LogP contribution in [0.2, 0.25) is 0 Å². The number of primary amides is 1. The van der Waals surface area contributed by atoms with Crippen LogP contribution in [0.5, 0.6) is 0 Å². The van der Waals surface area contributed by atoms with Gasteiger partial charge in [0.05, 0.1) is 0 Å². The molecule has 15 heavy (non-hydrogen) atoms. The van der Waals surface area contributed by atoms with Gasteiger partial charge in [-0.05, 0) is 25.7 Å². The third kappa shape index (κ3) is 5.45. The Labute approximate surface area is 93.1 Å². The van der Waals surface area contributed by atoms with Crippen LogP contribution in [0.15, 0.2) is 11.3 Å². The summed E-state index contributed by atoms with van der Waals surface area (Å²) in [5.74, 6) is -0.274. The molecule has 3 heteroatoms. The highest BCUT2D eigenvalue weighted by Gasteiger charge is 2.10. The summed E-state index contributed by atoms with van der Waals surface area (Å²) in [5, 5.41) is 3.29. The van der Waals surface area contributed by atoms with Crippen LogP contribution in [-0.2, 0) is 4.79 Å². The zero-order chi connectivity index (χ0) is 11.7. The number of allylic oxidation sites excluding steroid dienone is 1. The largest absolute Gasteiger partial charge is 0.388 e. The summed E-state index contributed by atoms with van der Waals surface area (Å²) in [6.07, 6.45) is 4.81. The molecule has 0 aromatic rings. The van der Waals surface area contributed by atoms with E-state index in [9.17, 15) is 4.79 Å². The Hall–Kier alpha value is -0.990. The number of rotatable bonds is 8. The standard InChI is InChI=1S/C12H24N2O/c1-4-7-8-10(12(13)15)11(6-3)14-9-5-2/h14H,4-9H2,1-3H3,(H2,13,15)/b11-10-. The fraction of sp³-hybridized carbons (Fsp3) is 0.750. The molecule has 0 aliphatic carbocycles. The highest BCUT2D eigenvalue weighted by molar-refractivity contribution is 5.92. The van der Waals surface area contributed by atoms with Crippen LogP contribution >= 0.6 is 0 Å². The molecule has 0 saturated carbocycles. The van der Waals surface area contributed by atoms with E-state index in [2.05, 4.69) is 19.2 Å². The van der Waals surface area contributed by atoms with Crippen LogP contribution in [-0.4, -0.2) is 12.5 Å². The highest BCUT2D eigenvalue weighted by atomic mass is 16.1. The minimum Gasteiger partial charge on any atom is -0.388 e. The number of carbonyl (C=O) groups is 1. The second kappa shape index (κ2) is 8.33. The highest BCUT2D eigenvalue weighted by Crippen LogP contribution is 2.13. The molecule has 0 atom stereocenters. The van der Waals surface area contributed by atoms with Crippen molar-refractivity contribution < 1.29 is 4.79 Å². The predicted molar refractivity (Wildman–Crippen MR) is 64.3 cm³/mol. The van der Waals surface area contributed by atoms with Gasteiger partial charge in [-0.2, -0.15) is 0 Å². The summed E-state index contributed by atoms with van der Waals surface area (Å²) in [6.45, 7) is 7.18. The second-order valence-electron chi connectivity index (χ2n) is 3.71. The maximum atomic E-state index is 11.3.